The summed E-state index contributed by atoms with van der Waals surface area (Å²) in [7, 11) is -4.55. The fourth-order valence-electron chi connectivity index (χ4n) is 5.96. The molecule has 0 radical (unpaired) electrons. The first-order valence-electron chi connectivity index (χ1n) is 16.0. The predicted molar refractivity (Wildman–Crippen MR) is 186 cm³/mol. The number of halogens is 4. The van der Waals surface area contributed by atoms with Gasteiger partial charge in [0.2, 0.25) is 11.8 Å². The van der Waals surface area contributed by atoms with E-state index in [-0.39, 0.29) is 35.5 Å². The van der Waals surface area contributed by atoms with Gasteiger partial charge in [0.1, 0.15) is 12.6 Å². The topological polar surface area (TPSA) is 86.8 Å². The van der Waals surface area contributed by atoms with Crippen molar-refractivity contribution in [2.75, 3.05) is 10.8 Å². The lowest BCUT2D eigenvalue weighted by Gasteiger charge is -2.34. The maximum Gasteiger partial charge on any atom is 0.416 e. The van der Waals surface area contributed by atoms with Gasteiger partial charge < -0.3 is 10.2 Å². The van der Waals surface area contributed by atoms with E-state index < -0.39 is 40.3 Å². The average molecular weight is 757 g/mol. The minimum absolute atomic E-state index is 0.0582. The van der Waals surface area contributed by atoms with Gasteiger partial charge in [-0.2, -0.15) is 13.2 Å². The third-order valence-corrected chi connectivity index (χ3v) is 10.8. The summed E-state index contributed by atoms with van der Waals surface area (Å²) in [6.45, 7) is 0.857. The number of anilines is 1. The number of sulfonamides is 1. The van der Waals surface area contributed by atoms with Crippen LogP contribution in [0.4, 0.5) is 18.9 Å². The summed E-state index contributed by atoms with van der Waals surface area (Å²) in [5.74, 6) is -1.14. The van der Waals surface area contributed by atoms with E-state index in [0.717, 1.165) is 53.4 Å². The average Bonchev–Trinajstić information content (AvgIpc) is 3.58. The second-order valence-electron chi connectivity index (χ2n) is 12.2. The SMILES string of the molecule is Cc1ccc(S(=O)(=O)N(CC(=O)N(Cc2cccc(Br)c2)[C@H](Cc2ccccc2)C(=O)NC2CCCC2)c2cccc(C(F)(F)F)c2)cc1. The highest BCUT2D eigenvalue weighted by Crippen LogP contribution is 2.34. The molecule has 1 N–H and O–H groups in total. The molecule has 0 aromatic heterocycles. The van der Waals surface area contributed by atoms with Crippen molar-refractivity contribution in [1.82, 2.24) is 10.2 Å². The van der Waals surface area contributed by atoms with Crippen molar-refractivity contribution in [2.45, 2.75) is 68.7 Å². The standard InChI is InChI=1S/C37H37BrF3N3O4S/c1-26-17-19-33(20-18-26)49(47,48)44(32-16-8-12-29(23-32)37(39,40)41)25-35(45)43(24-28-11-7-13-30(38)21-28)34(22-27-9-3-2-4-10-27)36(46)42-31-14-5-6-15-31/h2-4,7-13,16-21,23,31,34H,5-6,14-15,22,24-25H2,1H3,(H,42,46)/t34-/m1/s1. The molecule has 1 aliphatic carbocycles. The number of nitrogens with one attached hydrogen (secondary N) is 1. The van der Waals surface area contributed by atoms with Crippen LogP contribution < -0.4 is 9.62 Å². The van der Waals surface area contributed by atoms with Gasteiger partial charge in [-0.25, -0.2) is 8.42 Å². The van der Waals surface area contributed by atoms with Crippen LogP contribution in [0.15, 0.2) is 112 Å². The van der Waals surface area contributed by atoms with E-state index in [1.165, 1.54) is 23.1 Å². The molecule has 0 bridgehead atoms. The van der Waals surface area contributed by atoms with Crippen molar-refractivity contribution in [3.8, 4) is 0 Å². The molecular formula is C37H37BrF3N3O4S. The van der Waals surface area contributed by atoms with Crippen LogP contribution in [-0.4, -0.2) is 43.8 Å². The molecule has 0 unspecified atom stereocenters. The highest BCUT2D eigenvalue weighted by atomic mass is 79.9. The van der Waals surface area contributed by atoms with Gasteiger partial charge in [0.05, 0.1) is 16.1 Å². The molecular weight excluding hydrogens is 719 g/mol. The first kappa shape index (κ1) is 36.1. The highest BCUT2D eigenvalue weighted by molar-refractivity contribution is 9.10. The molecule has 0 aliphatic heterocycles. The van der Waals surface area contributed by atoms with Gasteiger partial charge in [-0.1, -0.05) is 95.0 Å². The molecule has 1 aliphatic rings. The van der Waals surface area contributed by atoms with Crippen molar-refractivity contribution >= 4 is 43.5 Å². The van der Waals surface area contributed by atoms with E-state index in [4.69, 9.17) is 0 Å². The van der Waals surface area contributed by atoms with E-state index >= 15 is 0 Å². The zero-order valence-corrected chi connectivity index (χ0v) is 29.3. The van der Waals surface area contributed by atoms with E-state index in [1.807, 2.05) is 36.4 Å². The lowest BCUT2D eigenvalue weighted by molar-refractivity contribution is -0.140. The van der Waals surface area contributed by atoms with Crippen LogP contribution in [0.3, 0.4) is 0 Å². The maximum absolute atomic E-state index is 14.6. The molecule has 1 fully saturated rings. The highest BCUT2D eigenvalue weighted by Gasteiger charge is 2.37. The normalized spacial score (nSPS) is 14.3. The third-order valence-electron chi connectivity index (χ3n) is 8.56. The van der Waals surface area contributed by atoms with Crippen LogP contribution in [0.25, 0.3) is 0 Å². The lowest BCUT2D eigenvalue weighted by Crippen LogP contribution is -2.54. The maximum atomic E-state index is 14.6. The Balaban J connectivity index is 1.60. The van der Waals surface area contributed by atoms with Crippen molar-refractivity contribution in [2.24, 2.45) is 0 Å². The van der Waals surface area contributed by atoms with Crippen LogP contribution in [0.5, 0.6) is 0 Å². The number of carbonyl (C=O) groups excluding carboxylic acids is 2. The molecule has 0 spiro atoms. The summed E-state index contributed by atoms with van der Waals surface area (Å²) in [5, 5.41) is 3.10. The fourth-order valence-corrected chi connectivity index (χ4v) is 7.81. The third kappa shape index (κ3) is 9.30. The number of alkyl halides is 3. The van der Waals surface area contributed by atoms with Crippen LogP contribution in [0, 0.1) is 6.92 Å². The fraction of sp³-hybridized carbons (Fsp3) is 0.297. The number of nitrogens with zero attached hydrogens (tertiary/aromatic N) is 2. The second-order valence-corrected chi connectivity index (χ2v) is 15.0. The summed E-state index contributed by atoms with van der Waals surface area (Å²) in [4.78, 5) is 29.9. The first-order chi connectivity index (χ1) is 23.3. The van der Waals surface area contributed by atoms with Gasteiger partial charge in [-0.15, -0.1) is 0 Å². The first-order valence-corrected chi connectivity index (χ1v) is 18.2. The Labute approximate surface area is 293 Å². The Morgan fingerprint density at radius 3 is 2.18 bits per heavy atom. The zero-order valence-electron chi connectivity index (χ0n) is 26.9. The summed E-state index contributed by atoms with van der Waals surface area (Å²) in [5.41, 5.74) is 0.828. The van der Waals surface area contributed by atoms with Crippen molar-refractivity contribution in [3.05, 3.63) is 130 Å². The second kappa shape index (κ2) is 15.6. The quantitative estimate of drug-likeness (QED) is 0.161. The van der Waals surface area contributed by atoms with Gasteiger partial charge in [0.15, 0.2) is 0 Å². The zero-order chi connectivity index (χ0) is 35.2. The molecule has 4 aromatic carbocycles. The molecule has 0 saturated heterocycles. The van der Waals surface area contributed by atoms with Crippen LogP contribution in [0.2, 0.25) is 0 Å². The largest absolute Gasteiger partial charge is 0.416 e. The Hall–Kier alpha value is -4.16. The molecule has 4 aromatic rings. The Morgan fingerprint density at radius 1 is 0.878 bits per heavy atom. The van der Waals surface area contributed by atoms with Gasteiger partial charge in [0, 0.05) is 23.5 Å². The number of hydrogen-bond donors (Lipinski definition) is 1. The van der Waals surface area contributed by atoms with Crippen molar-refractivity contribution in [3.63, 3.8) is 0 Å². The summed E-state index contributed by atoms with van der Waals surface area (Å²) >= 11 is 3.46. The summed E-state index contributed by atoms with van der Waals surface area (Å²) in [6, 6.07) is 25.0. The molecule has 1 atom stereocenters. The molecule has 12 heteroatoms. The van der Waals surface area contributed by atoms with E-state index in [0.29, 0.717) is 15.9 Å². The minimum Gasteiger partial charge on any atom is -0.352 e. The molecule has 5 rings (SSSR count). The van der Waals surface area contributed by atoms with E-state index in [9.17, 15) is 31.2 Å². The van der Waals surface area contributed by atoms with Crippen LogP contribution in [0.1, 0.15) is 47.9 Å². The molecule has 7 nitrogen and oxygen atoms in total. The monoisotopic (exact) mass is 755 g/mol. The Morgan fingerprint density at radius 2 is 1.53 bits per heavy atom. The van der Waals surface area contributed by atoms with Crippen molar-refractivity contribution in [1.29, 1.82) is 0 Å². The van der Waals surface area contributed by atoms with E-state index in [1.54, 1.807) is 37.3 Å². The molecule has 49 heavy (non-hydrogen) atoms. The summed E-state index contributed by atoms with van der Waals surface area (Å²) < 4.78 is 71.3. The number of benzene rings is 4. The van der Waals surface area contributed by atoms with Crippen LogP contribution >= 0.6 is 15.9 Å². The predicted octanol–water partition coefficient (Wildman–Crippen LogP) is 7.67. The minimum atomic E-state index is -4.76. The number of amides is 2. The smallest absolute Gasteiger partial charge is 0.352 e. The molecule has 0 heterocycles. The van der Waals surface area contributed by atoms with Gasteiger partial charge in [-0.3, -0.25) is 13.9 Å². The van der Waals surface area contributed by atoms with Crippen molar-refractivity contribution < 1.29 is 31.2 Å². The summed E-state index contributed by atoms with van der Waals surface area (Å²) in [6.07, 6.45) is -1.07. The number of aryl methyl sites for hydroxylation is 1. The van der Waals surface area contributed by atoms with Gasteiger partial charge in [0.25, 0.3) is 10.0 Å². The van der Waals surface area contributed by atoms with Crippen LogP contribution in [-0.2, 0) is 38.8 Å². The Kier molecular flexibility index (Phi) is 11.5. The Bertz CT molecular complexity index is 1870. The van der Waals surface area contributed by atoms with Gasteiger partial charge >= 0.3 is 6.18 Å². The van der Waals surface area contributed by atoms with E-state index in [2.05, 4.69) is 21.2 Å². The number of carbonyl (C=O) groups is 2. The van der Waals surface area contributed by atoms with Gasteiger partial charge in [-0.05, 0) is 73.4 Å². The molecule has 258 valence electrons. The molecule has 2 amide bonds. The lowest BCUT2D eigenvalue weighted by atomic mass is 10.0. The number of rotatable bonds is 12. The number of hydrogen-bond acceptors (Lipinski definition) is 4. The molecule has 1 saturated carbocycles.